The first kappa shape index (κ1) is 18.9. The molecule has 1 atom stereocenters. The Hall–Kier alpha value is -2.48. The van der Waals surface area contributed by atoms with E-state index in [2.05, 4.69) is 21.4 Å². The molecule has 0 N–H and O–H groups in total. The SMILES string of the molecule is CC(=O)N1CCN(C(=O)C2CCCN2c2nc(Cc3ccccc3)ns2)CC1. The van der Waals surface area contributed by atoms with Gasteiger partial charge in [-0.2, -0.15) is 4.37 Å². The minimum absolute atomic E-state index is 0.0781. The number of nitrogens with zero attached hydrogens (tertiary/aromatic N) is 5. The zero-order chi connectivity index (χ0) is 19.5. The summed E-state index contributed by atoms with van der Waals surface area (Å²) in [6.45, 7) is 4.88. The zero-order valence-electron chi connectivity index (χ0n) is 16.1. The van der Waals surface area contributed by atoms with Gasteiger partial charge in [0.05, 0.1) is 0 Å². The molecule has 2 aliphatic rings. The van der Waals surface area contributed by atoms with Crippen LogP contribution in [0.5, 0.6) is 0 Å². The highest BCUT2D eigenvalue weighted by atomic mass is 32.1. The molecule has 3 heterocycles. The summed E-state index contributed by atoms with van der Waals surface area (Å²) in [4.78, 5) is 35.1. The van der Waals surface area contributed by atoms with Crippen LogP contribution < -0.4 is 4.90 Å². The molecular formula is C20H25N5O2S. The minimum Gasteiger partial charge on any atom is -0.339 e. The molecule has 1 aromatic carbocycles. The Morgan fingerprint density at radius 2 is 1.79 bits per heavy atom. The molecule has 2 amide bonds. The molecule has 2 fully saturated rings. The van der Waals surface area contributed by atoms with Crippen LogP contribution in [0, 0.1) is 0 Å². The van der Waals surface area contributed by atoms with Crippen molar-refractivity contribution in [3.8, 4) is 0 Å². The molecule has 0 aliphatic carbocycles. The Bertz CT molecular complexity index is 832. The summed E-state index contributed by atoms with van der Waals surface area (Å²) in [6, 6.07) is 10.0. The third-order valence-electron chi connectivity index (χ3n) is 5.48. The van der Waals surface area contributed by atoms with E-state index in [1.54, 1.807) is 11.8 Å². The van der Waals surface area contributed by atoms with E-state index in [4.69, 9.17) is 4.98 Å². The highest BCUT2D eigenvalue weighted by Crippen LogP contribution is 2.29. The highest BCUT2D eigenvalue weighted by molar-refractivity contribution is 7.09. The van der Waals surface area contributed by atoms with Gasteiger partial charge in [0, 0.05) is 57.6 Å². The van der Waals surface area contributed by atoms with Gasteiger partial charge in [0.2, 0.25) is 16.9 Å². The molecule has 28 heavy (non-hydrogen) atoms. The summed E-state index contributed by atoms with van der Waals surface area (Å²) in [5.41, 5.74) is 1.18. The van der Waals surface area contributed by atoms with Crippen LogP contribution in [0.3, 0.4) is 0 Å². The van der Waals surface area contributed by atoms with Crippen molar-refractivity contribution >= 4 is 28.5 Å². The Morgan fingerprint density at radius 1 is 1.07 bits per heavy atom. The van der Waals surface area contributed by atoms with E-state index in [0.717, 1.165) is 30.3 Å². The van der Waals surface area contributed by atoms with E-state index in [1.807, 2.05) is 23.1 Å². The molecule has 2 saturated heterocycles. The van der Waals surface area contributed by atoms with Gasteiger partial charge in [-0.3, -0.25) is 9.59 Å². The molecule has 8 heteroatoms. The summed E-state index contributed by atoms with van der Waals surface area (Å²) in [5.74, 6) is 1.04. The van der Waals surface area contributed by atoms with Crippen LogP contribution in [0.4, 0.5) is 5.13 Å². The maximum absolute atomic E-state index is 13.1. The number of aromatic nitrogens is 2. The molecule has 2 aromatic rings. The van der Waals surface area contributed by atoms with Crippen LogP contribution in [0.25, 0.3) is 0 Å². The first-order chi connectivity index (χ1) is 13.6. The van der Waals surface area contributed by atoms with Gasteiger partial charge in [-0.25, -0.2) is 4.98 Å². The maximum Gasteiger partial charge on any atom is 0.245 e. The molecule has 0 saturated carbocycles. The fraction of sp³-hybridized carbons (Fsp3) is 0.500. The van der Waals surface area contributed by atoms with Crippen LogP contribution in [0.1, 0.15) is 31.2 Å². The first-order valence-electron chi connectivity index (χ1n) is 9.79. The molecule has 7 nitrogen and oxygen atoms in total. The van der Waals surface area contributed by atoms with E-state index in [-0.39, 0.29) is 17.9 Å². The van der Waals surface area contributed by atoms with Crippen LogP contribution in [-0.4, -0.2) is 69.7 Å². The quantitative estimate of drug-likeness (QED) is 0.784. The molecule has 1 unspecified atom stereocenters. The average Bonchev–Trinajstić information content (AvgIpc) is 3.37. The van der Waals surface area contributed by atoms with Gasteiger partial charge in [0.1, 0.15) is 11.9 Å². The number of anilines is 1. The van der Waals surface area contributed by atoms with Gasteiger partial charge in [-0.05, 0) is 18.4 Å². The number of carbonyl (C=O) groups is 2. The lowest BCUT2D eigenvalue weighted by atomic mass is 10.1. The number of rotatable bonds is 4. The van der Waals surface area contributed by atoms with Gasteiger partial charge in [-0.1, -0.05) is 30.3 Å². The minimum atomic E-state index is -0.165. The van der Waals surface area contributed by atoms with E-state index in [9.17, 15) is 9.59 Å². The van der Waals surface area contributed by atoms with Crippen molar-refractivity contribution in [1.82, 2.24) is 19.2 Å². The van der Waals surface area contributed by atoms with E-state index in [0.29, 0.717) is 32.6 Å². The van der Waals surface area contributed by atoms with Crippen LogP contribution in [-0.2, 0) is 16.0 Å². The molecule has 2 aliphatic heterocycles. The number of piperazine rings is 1. The Morgan fingerprint density at radius 3 is 2.50 bits per heavy atom. The predicted molar refractivity (Wildman–Crippen MR) is 108 cm³/mol. The average molecular weight is 400 g/mol. The van der Waals surface area contributed by atoms with E-state index in [1.165, 1.54) is 17.1 Å². The second-order valence-corrected chi connectivity index (χ2v) is 8.07. The van der Waals surface area contributed by atoms with Crippen LogP contribution in [0.2, 0.25) is 0 Å². The fourth-order valence-electron chi connectivity index (χ4n) is 3.92. The summed E-state index contributed by atoms with van der Waals surface area (Å²) >= 11 is 1.38. The van der Waals surface area contributed by atoms with Crippen molar-refractivity contribution in [3.63, 3.8) is 0 Å². The highest BCUT2D eigenvalue weighted by Gasteiger charge is 2.36. The smallest absolute Gasteiger partial charge is 0.245 e. The summed E-state index contributed by atoms with van der Waals surface area (Å²) in [6.07, 6.45) is 2.54. The molecule has 4 rings (SSSR count). The molecule has 0 spiro atoms. The van der Waals surface area contributed by atoms with Crippen molar-refractivity contribution in [3.05, 3.63) is 41.7 Å². The van der Waals surface area contributed by atoms with Gasteiger partial charge < -0.3 is 14.7 Å². The molecule has 0 radical (unpaired) electrons. The van der Waals surface area contributed by atoms with Crippen LogP contribution >= 0.6 is 11.5 Å². The topological polar surface area (TPSA) is 69.6 Å². The van der Waals surface area contributed by atoms with Crippen molar-refractivity contribution in [2.24, 2.45) is 0 Å². The van der Waals surface area contributed by atoms with Crippen molar-refractivity contribution in [2.75, 3.05) is 37.6 Å². The fourth-order valence-corrected chi connectivity index (χ4v) is 4.68. The second-order valence-electron chi connectivity index (χ2n) is 7.34. The largest absolute Gasteiger partial charge is 0.339 e. The first-order valence-corrected chi connectivity index (χ1v) is 10.6. The lowest BCUT2D eigenvalue weighted by molar-refractivity contribution is -0.139. The number of benzene rings is 1. The van der Waals surface area contributed by atoms with E-state index >= 15 is 0 Å². The third kappa shape index (κ3) is 4.01. The standard InChI is InChI=1S/C20H25N5O2S/c1-15(26)23-10-12-24(13-11-23)19(27)17-8-5-9-25(17)20-21-18(22-28-20)14-16-6-3-2-4-7-16/h2-4,6-7,17H,5,8-14H2,1H3. The second kappa shape index (κ2) is 8.26. The Labute approximate surface area is 169 Å². The van der Waals surface area contributed by atoms with E-state index < -0.39 is 0 Å². The number of hydrogen-bond acceptors (Lipinski definition) is 6. The molecular weight excluding hydrogens is 374 g/mol. The zero-order valence-corrected chi connectivity index (χ0v) is 16.9. The van der Waals surface area contributed by atoms with Gasteiger partial charge in [0.25, 0.3) is 0 Å². The normalized spacial score (nSPS) is 19.9. The van der Waals surface area contributed by atoms with Gasteiger partial charge in [-0.15, -0.1) is 0 Å². The lowest BCUT2D eigenvalue weighted by Gasteiger charge is -2.36. The molecule has 1 aromatic heterocycles. The predicted octanol–water partition coefficient (Wildman–Crippen LogP) is 1.79. The monoisotopic (exact) mass is 399 g/mol. The molecule has 0 bridgehead atoms. The van der Waals surface area contributed by atoms with Crippen molar-refractivity contribution < 1.29 is 9.59 Å². The number of hydrogen-bond donors (Lipinski definition) is 0. The maximum atomic E-state index is 13.1. The van der Waals surface area contributed by atoms with Crippen molar-refractivity contribution in [1.29, 1.82) is 0 Å². The summed E-state index contributed by atoms with van der Waals surface area (Å²) < 4.78 is 4.51. The lowest BCUT2D eigenvalue weighted by Crippen LogP contribution is -2.54. The summed E-state index contributed by atoms with van der Waals surface area (Å²) in [7, 11) is 0. The van der Waals surface area contributed by atoms with Crippen LogP contribution in [0.15, 0.2) is 30.3 Å². The Balaban J connectivity index is 1.41. The summed E-state index contributed by atoms with van der Waals surface area (Å²) in [5, 5.41) is 0.837. The van der Waals surface area contributed by atoms with Gasteiger partial charge >= 0.3 is 0 Å². The molecule has 148 valence electrons. The van der Waals surface area contributed by atoms with Gasteiger partial charge in [0.15, 0.2) is 0 Å². The number of carbonyl (C=O) groups excluding carboxylic acids is 2. The third-order valence-corrected chi connectivity index (χ3v) is 6.27. The number of amides is 2. The Kier molecular flexibility index (Phi) is 5.57. The van der Waals surface area contributed by atoms with Crippen molar-refractivity contribution in [2.45, 2.75) is 32.2 Å².